The molecule has 0 saturated carbocycles. The molecule has 1 aromatic heterocycles. The van der Waals surface area contributed by atoms with E-state index in [4.69, 9.17) is 16.3 Å². The largest absolute Gasteiger partial charge is 0.493 e. The molecule has 0 fully saturated rings. The van der Waals surface area contributed by atoms with Gasteiger partial charge in [-0.25, -0.2) is 4.98 Å². The minimum absolute atomic E-state index is 0.488. The van der Waals surface area contributed by atoms with Gasteiger partial charge in [0.1, 0.15) is 10.8 Å². The average molecular weight is 370 g/mol. The van der Waals surface area contributed by atoms with Crippen molar-refractivity contribution in [2.45, 2.75) is 13.0 Å². The van der Waals surface area contributed by atoms with Gasteiger partial charge in [0.05, 0.1) is 12.8 Å². The first-order valence-electron chi connectivity index (χ1n) is 6.55. The highest BCUT2D eigenvalue weighted by Gasteiger charge is 2.17. The molecular formula is C14H14BrClN4O. The summed E-state index contributed by atoms with van der Waals surface area (Å²) in [7, 11) is 1.77. The van der Waals surface area contributed by atoms with Gasteiger partial charge in [-0.05, 0) is 17.7 Å². The second kappa shape index (κ2) is 6.07. The first kappa shape index (κ1) is 14.4. The van der Waals surface area contributed by atoms with Crippen LogP contribution in [0.15, 0.2) is 22.8 Å². The highest BCUT2D eigenvalue weighted by Crippen LogP contribution is 2.33. The molecule has 0 radical (unpaired) electrons. The Labute approximate surface area is 136 Å². The summed E-state index contributed by atoms with van der Waals surface area (Å²) >= 11 is 9.65. The first-order valence-corrected chi connectivity index (χ1v) is 7.72. The predicted octanol–water partition coefficient (Wildman–Crippen LogP) is 3.48. The van der Waals surface area contributed by atoms with Crippen molar-refractivity contribution >= 4 is 39.3 Å². The van der Waals surface area contributed by atoms with Gasteiger partial charge < -0.3 is 15.4 Å². The Morgan fingerprint density at radius 2 is 2.29 bits per heavy atom. The fourth-order valence-electron chi connectivity index (χ4n) is 2.27. The van der Waals surface area contributed by atoms with Gasteiger partial charge in [0.2, 0.25) is 5.95 Å². The maximum Gasteiger partial charge on any atom is 0.224 e. The number of fused-ring (bicyclic) bond motifs is 1. The molecule has 1 aliphatic rings. The normalized spacial score (nSPS) is 12.7. The summed E-state index contributed by atoms with van der Waals surface area (Å²) in [5, 5.41) is 6.62. The van der Waals surface area contributed by atoms with E-state index in [1.165, 1.54) is 5.56 Å². The third kappa shape index (κ3) is 3.06. The Hall–Kier alpha value is -1.53. The van der Waals surface area contributed by atoms with Crippen LogP contribution >= 0.6 is 27.5 Å². The molecule has 2 N–H and O–H groups in total. The smallest absolute Gasteiger partial charge is 0.224 e. The fraction of sp³-hybridized carbons (Fsp3) is 0.286. The molecule has 0 unspecified atom stereocenters. The molecule has 1 aromatic carbocycles. The van der Waals surface area contributed by atoms with E-state index in [-0.39, 0.29) is 0 Å². The van der Waals surface area contributed by atoms with Gasteiger partial charge in [0, 0.05) is 30.0 Å². The predicted molar refractivity (Wildman–Crippen MR) is 87.3 cm³/mol. The summed E-state index contributed by atoms with van der Waals surface area (Å²) in [5.74, 6) is 2.09. The lowest BCUT2D eigenvalue weighted by Gasteiger charge is -2.12. The van der Waals surface area contributed by atoms with E-state index in [0.29, 0.717) is 23.3 Å². The first-order chi connectivity index (χ1) is 10.2. The number of rotatable bonds is 4. The molecule has 21 heavy (non-hydrogen) atoms. The number of aromatic nitrogens is 2. The number of nitrogens with one attached hydrogen (secondary N) is 2. The van der Waals surface area contributed by atoms with Crippen molar-refractivity contribution in [1.29, 1.82) is 0 Å². The van der Waals surface area contributed by atoms with Gasteiger partial charge in [0.25, 0.3) is 0 Å². The summed E-state index contributed by atoms with van der Waals surface area (Å²) < 4.78 is 6.76. The third-order valence-corrected chi connectivity index (χ3v) is 3.97. The molecule has 1 aliphatic heterocycles. The second-order valence-electron chi connectivity index (χ2n) is 4.65. The van der Waals surface area contributed by atoms with E-state index in [1.807, 2.05) is 6.07 Å². The molecule has 0 aliphatic carbocycles. The molecule has 3 rings (SSSR count). The van der Waals surface area contributed by atoms with Crippen LogP contribution in [0.5, 0.6) is 5.75 Å². The topological polar surface area (TPSA) is 59.1 Å². The van der Waals surface area contributed by atoms with Crippen molar-refractivity contribution < 1.29 is 4.74 Å². The van der Waals surface area contributed by atoms with Gasteiger partial charge in [-0.15, -0.1) is 0 Å². The zero-order chi connectivity index (χ0) is 14.8. The molecule has 2 heterocycles. The van der Waals surface area contributed by atoms with Gasteiger partial charge in [-0.2, -0.15) is 4.98 Å². The third-order valence-electron chi connectivity index (χ3n) is 3.24. The number of benzene rings is 1. The van der Waals surface area contributed by atoms with Crippen molar-refractivity contribution in [3.63, 3.8) is 0 Å². The van der Waals surface area contributed by atoms with Crippen molar-refractivity contribution in [3.8, 4) is 5.75 Å². The molecular weight excluding hydrogens is 356 g/mol. The van der Waals surface area contributed by atoms with Crippen LogP contribution in [-0.4, -0.2) is 23.6 Å². The standard InChI is InChI=1S/C14H14BrClN4O/c1-17-14-19-7-11(16)13(20-14)18-6-9-5-10(15)4-8-2-3-21-12(8)9/h4-5,7H,2-3,6H2,1H3,(H2,17,18,19,20). The summed E-state index contributed by atoms with van der Waals surface area (Å²) in [6, 6.07) is 4.15. The zero-order valence-electron chi connectivity index (χ0n) is 11.4. The Bertz CT molecular complexity index is 680. The van der Waals surface area contributed by atoms with Gasteiger partial charge in [0.15, 0.2) is 5.82 Å². The number of hydrogen-bond donors (Lipinski definition) is 2. The Morgan fingerprint density at radius 3 is 3.10 bits per heavy atom. The molecule has 0 atom stereocenters. The molecule has 5 nitrogen and oxygen atoms in total. The zero-order valence-corrected chi connectivity index (χ0v) is 13.8. The molecule has 0 amide bonds. The minimum Gasteiger partial charge on any atom is -0.493 e. The number of ether oxygens (including phenoxy) is 1. The number of halogens is 2. The van der Waals surface area contributed by atoms with Crippen LogP contribution in [0.1, 0.15) is 11.1 Å². The van der Waals surface area contributed by atoms with E-state index in [2.05, 4.69) is 42.6 Å². The molecule has 7 heteroatoms. The number of anilines is 2. The number of hydrogen-bond acceptors (Lipinski definition) is 5. The number of nitrogens with zero attached hydrogens (tertiary/aromatic N) is 2. The highest BCUT2D eigenvalue weighted by molar-refractivity contribution is 9.10. The van der Waals surface area contributed by atoms with Crippen LogP contribution in [-0.2, 0) is 13.0 Å². The van der Waals surface area contributed by atoms with Crippen molar-refractivity contribution in [2.75, 3.05) is 24.3 Å². The Morgan fingerprint density at radius 1 is 1.43 bits per heavy atom. The molecule has 0 spiro atoms. The molecule has 2 aromatic rings. The minimum atomic E-state index is 0.488. The maximum atomic E-state index is 6.11. The van der Waals surface area contributed by atoms with Crippen molar-refractivity contribution in [3.05, 3.63) is 39.0 Å². The quantitative estimate of drug-likeness (QED) is 0.864. The van der Waals surface area contributed by atoms with Crippen LogP contribution < -0.4 is 15.4 Å². The lowest BCUT2D eigenvalue weighted by atomic mass is 10.1. The van der Waals surface area contributed by atoms with E-state index in [1.54, 1.807) is 13.2 Å². The lowest BCUT2D eigenvalue weighted by Crippen LogP contribution is -2.06. The van der Waals surface area contributed by atoms with Gasteiger partial charge >= 0.3 is 0 Å². The van der Waals surface area contributed by atoms with Crippen LogP contribution in [0.25, 0.3) is 0 Å². The van der Waals surface area contributed by atoms with Crippen molar-refractivity contribution in [2.24, 2.45) is 0 Å². The van der Waals surface area contributed by atoms with E-state index in [9.17, 15) is 0 Å². The fourth-order valence-corrected chi connectivity index (χ4v) is 2.98. The molecule has 0 bridgehead atoms. The van der Waals surface area contributed by atoms with Crippen LogP contribution in [0, 0.1) is 0 Å². The van der Waals surface area contributed by atoms with Crippen molar-refractivity contribution in [1.82, 2.24) is 9.97 Å². The lowest BCUT2D eigenvalue weighted by molar-refractivity contribution is 0.354. The summed E-state index contributed by atoms with van der Waals surface area (Å²) in [6.45, 7) is 1.32. The SMILES string of the molecule is CNc1ncc(Cl)c(NCc2cc(Br)cc3c2OCC3)n1. The van der Waals surface area contributed by atoms with Gasteiger partial charge in [-0.3, -0.25) is 0 Å². The van der Waals surface area contributed by atoms with E-state index >= 15 is 0 Å². The van der Waals surface area contributed by atoms with E-state index < -0.39 is 0 Å². The monoisotopic (exact) mass is 368 g/mol. The van der Waals surface area contributed by atoms with Crippen LogP contribution in [0.3, 0.4) is 0 Å². The van der Waals surface area contributed by atoms with Crippen LogP contribution in [0.4, 0.5) is 11.8 Å². The second-order valence-corrected chi connectivity index (χ2v) is 5.97. The maximum absolute atomic E-state index is 6.11. The molecule has 0 saturated heterocycles. The summed E-state index contributed by atoms with van der Waals surface area (Å²) in [4.78, 5) is 8.36. The summed E-state index contributed by atoms with van der Waals surface area (Å²) in [5.41, 5.74) is 2.31. The van der Waals surface area contributed by atoms with Crippen LogP contribution in [0.2, 0.25) is 5.02 Å². The molecule has 110 valence electrons. The van der Waals surface area contributed by atoms with E-state index in [0.717, 1.165) is 28.8 Å². The Kier molecular flexibility index (Phi) is 4.17. The summed E-state index contributed by atoms with van der Waals surface area (Å²) in [6.07, 6.45) is 2.52. The Balaban J connectivity index is 1.82. The van der Waals surface area contributed by atoms with Gasteiger partial charge in [-0.1, -0.05) is 27.5 Å². The average Bonchev–Trinajstić information content (AvgIpc) is 2.94. The highest BCUT2D eigenvalue weighted by atomic mass is 79.9.